The van der Waals surface area contributed by atoms with Crippen LogP contribution in [0.3, 0.4) is 0 Å². The third-order valence-corrected chi connectivity index (χ3v) is 19.4. The minimum Gasteiger partial charge on any atom is -0.493 e. The monoisotopic (exact) mass is 1400 g/mol. The maximum atomic E-state index is 13.5. The predicted octanol–water partition coefficient (Wildman–Crippen LogP) is 16.5. The summed E-state index contributed by atoms with van der Waals surface area (Å²) in [6, 6.07) is 82.5. The Labute approximate surface area is 606 Å². The van der Waals surface area contributed by atoms with Gasteiger partial charge < -0.3 is 38.2 Å². The van der Waals surface area contributed by atoms with Gasteiger partial charge in [-0.25, -0.2) is 8.42 Å². The van der Waals surface area contributed by atoms with Crippen LogP contribution in [0.5, 0.6) is 34.5 Å². The molecule has 0 atom stereocenters. The van der Waals surface area contributed by atoms with Crippen molar-refractivity contribution < 1.29 is 46.4 Å². The molecule has 0 radical (unpaired) electrons. The quantitative estimate of drug-likeness (QED) is 0.0402. The molecular weight excluding hydrogens is 1310 g/mol. The first-order chi connectivity index (χ1) is 50.5. The number of ether oxygens (including phenoxy) is 6. The van der Waals surface area contributed by atoms with Crippen molar-refractivity contribution in [3.05, 3.63) is 335 Å². The van der Waals surface area contributed by atoms with Crippen LogP contribution in [0, 0.1) is 5.92 Å². The van der Waals surface area contributed by atoms with Crippen molar-refractivity contribution in [2.45, 2.75) is 95.7 Å². The van der Waals surface area contributed by atoms with Crippen molar-refractivity contribution >= 4 is 21.8 Å². The highest BCUT2D eigenvalue weighted by Gasteiger charge is 2.28. The molecule has 530 valence electrons. The van der Waals surface area contributed by atoms with Gasteiger partial charge in [0.25, 0.3) is 5.91 Å². The van der Waals surface area contributed by atoms with Crippen LogP contribution in [-0.2, 0) is 73.5 Å². The van der Waals surface area contributed by atoms with Crippen LogP contribution in [0.4, 0.5) is 0 Å². The molecule has 0 bridgehead atoms. The van der Waals surface area contributed by atoms with Crippen LogP contribution >= 0.6 is 0 Å². The largest absolute Gasteiger partial charge is 0.493 e. The van der Waals surface area contributed by atoms with Gasteiger partial charge in [0, 0.05) is 106 Å². The van der Waals surface area contributed by atoms with Crippen molar-refractivity contribution in [3.63, 3.8) is 0 Å². The number of amides is 2. The van der Waals surface area contributed by atoms with Crippen molar-refractivity contribution in [1.82, 2.24) is 29.1 Å². The fraction of sp³-hybridized carbons (Fsp3) is 0.244. The molecule has 103 heavy (non-hydrogen) atoms. The normalized spacial score (nSPS) is 11.9. The van der Waals surface area contributed by atoms with Gasteiger partial charge in [-0.1, -0.05) is 183 Å². The van der Waals surface area contributed by atoms with E-state index in [1.54, 1.807) is 64.1 Å². The molecule has 8 aromatic carbocycles. The molecular formula is C86H90N6O10S. The van der Waals surface area contributed by atoms with E-state index >= 15 is 0 Å². The van der Waals surface area contributed by atoms with Gasteiger partial charge in [0.05, 0.1) is 26.2 Å². The molecule has 17 heteroatoms. The summed E-state index contributed by atoms with van der Waals surface area (Å²) in [7, 11) is 1.15. The third-order valence-electron chi connectivity index (χ3n) is 17.5. The molecule has 1 fully saturated rings. The summed E-state index contributed by atoms with van der Waals surface area (Å²) in [5, 5.41) is 0. The number of sulfonamides is 1. The van der Waals surface area contributed by atoms with Crippen LogP contribution in [0.25, 0.3) is 0 Å². The van der Waals surface area contributed by atoms with E-state index in [-0.39, 0.29) is 29.2 Å². The summed E-state index contributed by atoms with van der Waals surface area (Å²) < 4.78 is 63.2. The van der Waals surface area contributed by atoms with E-state index < -0.39 is 10.0 Å². The molecule has 0 N–H and O–H groups in total. The number of pyridine rings is 3. The van der Waals surface area contributed by atoms with E-state index in [0.717, 1.165) is 82.6 Å². The lowest BCUT2D eigenvalue weighted by Crippen LogP contribution is -2.38. The predicted molar refractivity (Wildman–Crippen MR) is 402 cm³/mol. The number of aromatic nitrogens is 3. The number of benzene rings is 8. The van der Waals surface area contributed by atoms with E-state index in [4.69, 9.17) is 28.4 Å². The second kappa shape index (κ2) is 39.7. The van der Waals surface area contributed by atoms with Crippen molar-refractivity contribution in [1.29, 1.82) is 0 Å². The molecule has 3 aromatic heterocycles. The van der Waals surface area contributed by atoms with Crippen LogP contribution in [0.1, 0.15) is 92.9 Å². The molecule has 16 nitrogen and oxygen atoms in total. The highest BCUT2D eigenvalue weighted by molar-refractivity contribution is 7.89. The van der Waals surface area contributed by atoms with Crippen molar-refractivity contribution in [3.8, 4) is 34.5 Å². The zero-order valence-corrected chi connectivity index (χ0v) is 59.6. The Balaban J connectivity index is 0.000000166. The molecule has 1 aliphatic carbocycles. The second-order valence-electron chi connectivity index (χ2n) is 24.8. The van der Waals surface area contributed by atoms with Gasteiger partial charge in [-0.05, 0) is 143 Å². The number of carbonyl (C=O) groups is 2. The second-order valence-corrected chi connectivity index (χ2v) is 26.8. The van der Waals surface area contributed by atoms with Crippen LogP contribution in [0.15, 0.2) is 284 Å². The lowest BCUT2D eigenvalue weighted by Gasteiger charge is -2.29. The van der Waals surface area contributed by atoms with E-state index in [2.05, 4.69) is 15.0 Å². The van der Waals surface area contributed by atoms with Gasteiger partial charge in [0.2, 0.25) is 15.9 Å². The van der Waals surface area contributed by atoms with Crippen LogP contribution in [-0.4, -0.2) is 90.3 Å². The lowest BCUT2D eigenvalue weighted by molar-refractivity contribution is -0.137. The molecule has 11 aromatic rings. The summed E-state index contributed by atoms with van der Waals surface area (Å²) in [6.45, 7) is 4.05. The average Bonchev–Trinajstić information content (AvgIpc) is 0.797. The van der Waals surface area contributed by atoms with E-state index in [9.17, 15) is 18.0 Å². The van der Waals surface area contributed by atoms with Crippen LogP contribution in [0.2, 0.25) is 0 Å². The molecule has 3 heterocycles. The lowest BCUT2D eigenvalue weighted by atomic mass is 9.88. The maximum absolute atomic E-state index is 13.5. The number of hydrogen-bond donors (Lipinski definition) is 0. The van der Waals surface area contributed by atoms with Crippen LogP contribution < -0.4 is 28.4 Å². The molecule has 0 aliphatic heterocycles. The minimum absolute atomic E-state index is 0.0140. The maximum Gasteiger partial charge on any atom is 0.254 e. The molecule has 12 rings (SSSR count). The number of rotatable bonds is 31. The number of methoxy groups -OCH3 is 3. The SMILES string of the molecule is COc1cc(CN(CCc2ccccn2)C(=O)C2CCCCC2)ccc1OCc1ccccc1.COc1cc(CN(CCc2ccccn2)C(=O)c2ccccc2)ccc1OCc1ccccc1.COc1cc(CN(CCc2ccccn2)S(=O)(=O)c2ccccc2)ccc1OCc1ccccc1. The Hall–Kier alpha value is -11.1. The first kappa shape index (κ1) is 74.5. The fourth-order valence-electron chi connectivity index (χ4n) is 11.9. The van der Waals surface area contributed by atoms with Gasteiger partial charge in [-0.15, -0.1) is 0 Å². The number of nitrogens with zero attached hydrogens (tertiary/aromatic N) is 6. The van der Waals surface area contributed by atoms with E-state index in [1.807, 2.05) is 247 Å². The van der Waals surface area contributed by atoms with Gasteiger partial charge in [-0.2, -0.15) is 4.31 Å². The summed E-state index contributed by atoms with van der Waals surface area (Å²) in [6.07, 6.45) is 12.7. The smallest absolute Gasteiger partial charge is 0.254 e. The topological polar surface area (TPSA) is 172 Å². The standard InChI is InChI=1S/C29H34N2O3.C29H28N2O3.C28H28N2O4S/c2*1-33-28-20-24(15-16-27(28)34-22-23-10-4-2-5-11-23)21-31(19-17-26-14-8-9-18-30-26)29(32)25-12-6-3-7-13-25;1-33-28-20-24(15-16-27(28)34-22-23-10-4-2-5-11-23)21-30(19-17-25-12-8-9-18-29-25)35(31,32)26-13-6-3-7-14-26/h2,4-5,8-11,14-16,18,20,25H,3,6-7,12-13,17,19,21-22H2,1H3;2-16,18,20H,17,19,21-22H2,1H3;2-16,18,20H,17,19,21-22H2,1H3. The summed E-state index contributed by atoms with van der Waals surface area (Å²) in [4.78, 5) is 44.0. The average molecular weight is 1400 g/mol. The van der Waals surface area contributed by atoms with E-state index in [0.29, 0.717) is 105 Å². The zero-order chi connectivity index (χ0) is 71.7. The van der Waals surface area contributed by atoms with Gasteiger partial charge in [0.1, 0.15) is 19.8 Å². The molecule has 0 spiro atoms. The Morgan fingerprint density at radius 1 is 0.379 bits per heavy atom. The minimum atomic E-state index is -3.71. The molecule has 1 aliphatic rings. The highest BCUT2D eigenvalue weighted by Crippen LogP contribution is 2.34. The zero-order valence-electron chi connectivity index (χ0n) is 58.8. The fourth-order valence-corrected chi connectivity index (χ4v) is 13.4. The summed E-state index contributed by atoms with van der Waals surface area (Å²) >= 11 is 0. The van der Waals surface area contributed by atoms with Crippen molar-refractivity contribution in [2.24, 2.45) is 5.92 Å². The Kier molecular flexibility index (Phi) is 28.8. The van der Waals surface area contributed by atoms with Gasteiger partial charge in [-0.3, -0.25) is 24.5 Å². The number of hydrogen-bond acceptors (Lipinski definition) is 13. The molecule has 0 saturated heterocycles. The summed E-state index contributed by atoms with van der Waals surface area (Å²) in [5.74, 6) is 4.24. The van der Waals surface area contributed by atoms with Gasteiger partial charge >= 0.3 is 0 Å². The first-order valence-corrected chi connectivity index (χ1v) is 36.3. The van der Waals surface area contributed by atoms with Gasteiger partial charge in [0.15, 0.2) is 34.5 Å². The highest BCUT2D eigenvalue weighted by atomic mass is 32.2. The van der Waals surface area contributed by atoms with E-state index in [1.165, 1.54) is 10.7 Å². The Bertz CT molecular complexity index is 4440. The van der Waals surface area contributed by atoms with Crippen molar-refractivity contribution in [2.75, 3.05) is 41.0 Å². The number of carbonyl (C=O) groups excluding carboxylic acids is 2. The molecule has 2 amide bonds. The first-order valence-electron chi connectivity index (χ1n) is 34.9. The molecule has 0 unspecified atom stereocenters. The third kappa shape index (κ3) is 23.2. The Morgan fingerprint density at radius 2 is 0.738 bits per heavy atom. The summed E-state index contributed by atoms with van der Waals surface area (Å²) in [5.41, 5.74) is 9.50. The molecule has 1 saturated carbocycles. The Morgan fingerprint density at radius 3 is 1.14 bits per heavy atom.